The van der Waals surface area contributed by atoms with Gasteiger partial charge in [-0.3, -0.25) is 4.79 Å². The van der Waals surface area contributed by atoms with Gasteiger partial charge >= 0.3 is 5.97 Å². The minimum atomic E-state index is -1.30. The molecule has 1 rings (SSSR count). The Morgan fingerprint density at radius 1 is 1.37 bits per heavy atom. The molecule has 0 radical (unpaired) electrons. The highest BCUT2D eigenvalue weighted by molar-refractivity contribution is 5.97. The summed E-state index contributed by atoms with van der Waals surface area (Å²) in [6.45, 7) is 0.676. The molecule has 0 aliphatic heterocycles. The Morgan fingerprint density at radius 2 is 2.00 bits per heavy atom. The first-order valence-corrected chi connectivity index (χ1v) is 5.36. The van der Waals surface area contributed by atoms with E-state index in [1.807, 2.05) is 0 Å². The van der Waals surface area contributed by atoms with Crippen LogP contribution < -0.4 is 5.32 Å². The highest BCUT2D eigenvalue weighted by Crippen LogP contribution is 2.14. The van der Waals surface area contributed by atoms with Crippen LogP contribution in [0.4, 0.5) is 8.78 Å². The van der Waals surface area contributed by atoms with Crippen molar-refractivity contribution in [2.24, 2.45) is 0 Å². The lowest BCUT2D eigenvalue weighted by molar-refractivity contribution is -0.143. The largest absolute Gasteiger partial charge is 0.467 e. The molecule has 0 aromatic heterocycles. The number of carbonyl (C=O) groups is 2. The number of nitrogens with one attached hydrogen (secondary N) is 1. The lowest BCUT2D eigenvalue weighted by Gasteiger charge is -2.14. The molecule has 0 bridgehead atoms. The summed E-state index contributed by atoms with van der Waals surface area (Å²) >= 11 is 0. The molecule has 5 nitrogen and oxygen atoms in total. The van der Waals surface area contributed by atoms with E-state index >= 15 is 0 Å². The fourth-order valence-electron chi connectivity index (χ4n) is 1.39. The number of rotatable bonds is 4. The average Bonchev–Trinajstić information content (AvgIpc) is 2.38. The fourth-order valence-corrected chi connectivity index (χ4v) is 1.39. The molecule has 1 amide bonds. The van der Waals surface area contributed by atoms with Crippen molar-refractivity contribution in [3.63, 3.8) is 0 Å². The highest BCUT2D eigenvalue weighted by Gasteiger charge is 2.23. The van der Waals surface area contributed by atoms with E-state index in [0.29, 0.717) is 6.07 Å². The van der Waals surface area contributed by atoms with E-state index in [0.717, 1.165) is 13.2 Å². The van der Waals surface area contributed by atoms with Gasteiger partial charge in [0, 0.05) is 6.07 Å². The number of aliphatic hydroxyl groups excluding tert-OH is 1. The molecule has 7 heteroatoms. The van der Waals surface area contributed by atoms with Gasteiger partial charge in [-0.2, -0.15) is 0 Å². The summed E-state index contributed by atoms with van der Waals surface area (Å²) in [6.07, 6.45) is 0. The van der Waals surface area contributed by atoms with Crippen molar-refractivity contribution in [2.45, 2.75) is 13.0 Å². The van der Waals surface area contributed by atoms with Crippen LogP contribution in [0.3, 0.4) is 0 Å². The lowest BCUT2D eigenvalue weighted by atomic mass is 10.1. The topological polar surface area (TPSA) is 75.6 Å². The molecule has 19 heavy (non-hydrogen) atoms. The van der Waals surface area contributed by atoms with Crippen LogP contribution in [-0.2, 0) is 9.53 Å². The van der Waals surface area contributed by atoms with Crippen LogP contribution >= 0.6 is 0 Å². The van der Waals surface area contributed by atoms with Gasteiger partial charge < -0.3 is 15.2 Å². The van der Waals surface area contributed by atoms with Gasteiger partial charge in [-0.25, -0.2) is 13.6 Å². The number of methoxy groups -OCH3 is 1. The quantitative estimate of drug-likeness (QED) is 0.785. The van der Waals surface area contributed by atoms with Gasteiger partial charge in [0.05, 0.1) is 19.3 Å². The van der Waals surface area contributed by atoms with Crippen molar-refractivity contribution >= 4 is 11.9 Å². The molecule has 2 N–H and O–H groups in total. The van der Waals surface area contributed by atoms with Crippen molar-refractivity contribution in [3.05, 3.63) is 34.9 Å². The van der Waals surface area contributed by atoms with Crippen LogP contribution in [-0.4, -0.2) is 36.7 Å². The Kier molecular flexibility index (Phi) is 4.94. The first kappa shape index (κ1) is 15.0. The zero-order chi connectivity index (χ0) is 14.6. The summed E-state index contributed by atoms with van der Waals surface area (Å²) in [5, 5.41) is 11.0. The van der Waals surface area contributed by atoms with Crippen LogP contribution in [0.5, 0.6) is 0 Å². The molecule has 0 aliphatic carbocycles. The van der Waals surface area contributed by atoms with E-state index in [1.54, 1.807) is 0 Å². The van der Waals surface area contributed by atoms with E-state index < -0.39 is 41.7 Å². The predicted molar refractivity (Wildman–Crippen MR) is 61.5 cm³/mol. The Hall–Kier alpha value is -2.02. The Bertz CT molecular complexity index is 505. The number of aliphatic hydroxyl groups is 1. The van der Waals surface area contributed by atoms with E-state index in [2.05, 4.69) is 10.1 Å². The third-order valence-corrected chi connectivity index (χ3v) is 2.47. The second-order valence-electron chi connectivity index (χ2n) is 3.81. The maximum absolute atomic E-state index is 13.4. The van der Waals surface area contributed by atoms with Gasteiger partial charge in [0.15, 0.2) is 6.04 Å². The fraction of sp³-hybridized carbons (Fsp3) is 0.333. The minimum Gasteiger partial charge on any atom is -0.467 e. The Balaban J connectivity index is 2.95. The summed E-state index contributed by atoms with van der Waals surface area (Å²) in [7, 11) is 1.08. The molecule has 0 fully saturated rings. The summed E-state index contributed by atoms with van der Waals surface area (Å²) < 4.78 is 30.8. The summed E-state index contributed by atoms with van der Waals surface area (Å²) in [6, 6.07) is 0.296. The van der Waals surface area contributed by atoms with E-state index in [9.17, 15) is 18.4 Å². The molecule has 1 aromatic rings. The van der Waals surface area contributed by atoms with Gasteiger partial charge in [-0.1, -0.05) is 0 Å². The molecule has 0 spiro atoms. The lowest BCUT2D eigenvalue weighted by Crippen LogP contribution is -2.44. The number of halogens is 2. The zero-order valence-corrected chi connectivity index (χ0v) is 10.4. The maximum atomic E-state index is 13.4. The van der Waals surface area contributed by atoms with Gasteiger partial charge in [0.25, 0.3) is 5.91 Å². The summed E-state index contributed by atoms with van der Waals surface area (Å²) in [4.78, 5) is 22.9. The number of hydrogen-bond donors (Lipinski definition) is 2. The number of aryl methyl sites for hydroxylation is 1. The molecule has 0 aliphatic rings. The summed E-state index contributed by atoms with van der Waals surface area (Å²) in [5.41, 5.74) is -0.327. The van der Waals surface area contributed by atoms with Crippen LogP contribution in [0.1, 0.15) is 15.9 Å². The molecule has 1 unspecified atom stereocenters. The Labute approximate surface area is 108 Å². The SMILES string of the molecule is COC(=O)C(CO)NC(=O)c1cc(C)c(F)cc1F. The van der Waals surface area contributed by atoms with Gasteiger partial charge in [0.2, 0.25) is 0 Å². The first-order valence-electron chi connectivity index (χ1n) is 5.36. The second kappa shape index (κ2) is 6.24. The van der Waals surface area contributed by atoms with Crippen molar-refractivity contribution in [2.75, 3.05) is 13.7 Å². The highest BCUT2D eigenvalue weighted by atomic mass is 19.1. The molecule has 1 atom stereocenters. The predicted octanol–water partition coefficient (Wildman–Crippen LogP) is 0.537. The van der Waals surface area contributed by atoms with E-state index in [-0.39, 0.29) is 5.56 Å². The van der Waals surface area contributed by atoms with Crippen molar-refractivity contribution in [1.29, 1.82) is 0 Å². The molecular formula is C12H13F2NO4. The number of amides is 1. The first-order chi connectivity index (χ1) is 8.90. The number of benzene rings is 1. The van der Waals surface area contributed by atoms with Gasteiger partial charge in [-0.05, 0) is 18.6 Å². The Morgan fingerprint density at radius 3 is 2.53 bits per heavy atom. The third kappa shape index (κ3) is 3.47. The van der Waals surface area contributed by atoms with Crippen LogP contribution in [0, 0.1) is 18.6 Å². The standard InChI is InChI=1S/C12H13F2NO4/c1-6-3-7(9(14)4-8(6)13)11(17)15-10(5-16)12(18)19-2/h3-4,10,16H,5H2,1-2H3,(H,15,17). The molecular weight excluding hydrogens is 260 g/mol. The maximum Gasteiger partial charge on any atom is 0.330 e. The molecule has 0 saturated carbocycles. The molecule has 0 heterocycles. The summed E-state index contributed by atoms with van der Waals surface area (Å²) in [5.74, 6) is -3.64. The number of ether oxygens (including phenoxy) is 1. The zero-order valence-electron chi connectivity index (χ0n) is 10.4. The van der Waals surface area contributed by atoms with Crippen molar-refractivity contribution < 1.29 is 28.2 Å². The molecule has 104 valence electrons. The average molecular weight is 273 g/mol. The smallest absolute Gasteiger partial charge is 0.330 e. The monoisotopic (exact) mass is 273 g/mol. The van der Waals surface area contributed by atoms with Crippen molar-refractivity contribution in [1.82, 2.24) is 5.32 Å². The van der Waals surface area contributed by atoms with Crippen LogP contribution in [0.25, 0.3) is 0 Å². The second-order valence-corrected chi connectivity index (χ2v) is 3.81. The van der Waals surface area contributed by atoms with Gasteiger partial charge in [0.1, 0.15) is 11.6 Å². The molecule has 1 aromatic carbocycles. The normalized spacial score (nSPS) is 11.8. The third-order valence-electron chi connectivity index (χ3n) is 2.47. The van der Waals surface area contributed by atoms with Crippen LogP contribution in [0.15, 0.2) is 12.1 Å². The molecule has 0 saturated heterocycles. The van der Waals surface area contributed by atoms with Crippen molar-refractivity contribution in [3.8, 4) is 0 Å². The number of carbonyl (C=O) groups excluding carboxylic acids is 2. The minimum absolute atomic E-state index is 0.0881. The van der Waals surface area contributed by atoms with Gasteiger partial charge in [-0.15, -0.1) is 0 Å². The number of hydrogen-bond acceptors (Lipinski definition) is 4. The van der Waals surface area contributed by atoms with E-state index in [1.165, 1.54) is 6.92 Å². The van der Waals surface area contributed by atoms with E-state index in [4.69, 9.17) is 5.11 Å². The number of esters is 1. The van der Waals surface area contributed by atoms with Crippen LogP contribution in [0.2, 0.25) is 0 Å².